The molecule has 0 aliphatic heterocycles. The number of nitrogens with one attached hydrogen (secondary N) is 1. The first-order valence-electron chi connectivity index (χ1n) is 5.22. The number of thioether (sulfide) groups is 1. The molecule has 1 aromatic heterocycles. The Morgan fingerprint density at radius 2 is 2.11 bits per heavy atom. The second kappa shape index (κ2) is 5.83. The van der Waals surface area contributed by atoms with Crippen molar-refractivity contribution in [3.63, 3.8) is 0 Å². The van der Waals surface area contributed by atoms with Crippen molar-refractivity contribution in [3.05, 3.63) is 29.8 Å². The number of hydrogen-bond acceptors (Lipinski definition) is 6. The molecule has 0 fully saturated rings. The van der Waals surface area contributed by atoms with Gasteiger partial charge in [0.25, 0.3) is 0 Å². The van der Waals surface area contributed by atoms with Crippen molar-refractivity contribution in [2.24, 2.45) is 0 Å². The van der Waals surface area contributed by atoms with Gasteiger partial charge < -0.3 is 11.1 Å². The number of carbonyl (C=O) groups excluding carboxylic acids is 1. The normalized spacial score (nSPS) is 10.3. The number of hydrogen-bond donors (Lipinski definition) is 2. The van der Waals surface area contributed by atoms with E-state index in [-0.39, 0.29) is 5.91 Å². The Morgan fingerprint density at radius 1 is 1.39 bits per heavy atom. The number of rotatable bonds is 4. The molecule has 0 aliphatic carbocycles. The van der Waals surface area contributed by atoms with Crippen molar-refractivity contribution in [2.75, 3.05) is 16.8 Å². The van der Waals surface area contributed by atoms with E-state index in [1.807, 2.05) is 31.2 Å². The van der Waals surface area contributed by atoms with Crippen LogP contribution in [0.3, 0.4) is 0 Å². The van der Waals surface area contributed by atoms with Crippen molar-refractivity contribution in [2.45, 2.75) is 11.3 Å². The molecule has 0 bridgehead atoms. The van der Waals surface area contributed by atoms with Crippen LogP contribution in [0.2, 0.25) is 0 Å². The Kier molecular flexibility index (Phi) is 4.16. The monoisotopic (exact) mass is 280 g/mol. The molecular weight excluding hydrogens is 268 g/mol. The third kappa shape index (κ3) is 3.71. The third-order valence-corrected chi connectivity index (χ3v) is 3.97. The van der Waals surface area contributed by atoms with E-state index in [1.54, 1.807) is 0 Å². The van der Waals surface area contributed by atoms with E-state index < -0.39 is 0 Å². The molecule has 7 heteroatoms. The first-order chi connectivity index (χ1) is 8.63. The van der Waals surface area contributed by atoms with Gasteiger partial charge in [0.15, 0.2) is 4.34 Å². The van der Waals surface area contributed by atoms with Crippen LogP contribution in [0, 0.1) is 6.92 Å². The highest BCUT2D eigenvalue weighted by Crippen LogP contribution is 2.23. The van der Waals surface area contributed by atoms with Crippen LogP contribution >= 0.6 is 23.1 Å². The molecule has 1 amide bonds. The Balaban J connectivity index is 1.83. The molecule has 0 saturated carbocycles. The smallest absolute Gasteiger partial charge is 0.234 e. The van der Waals surface area contributed by atoms with Crippen LogP contribution in [0.1, 0.15) is 5.56 Å². The van der Waals surface area contributed by atoms with Gasteiger partial charge in [0, 0.05) is 5.69 Å². The van der Waals surface area contributed by atoms with Crippen molar-refractivity contribution >= 4 is 39.8 Å². The van der Waals surface area contributed by atoms with Crippen LogP contribution in [0.25, 0.3) is 0 Å². The fraction of sp³-hybridized carbons (Fsp3) is 0.182. The first kappa shape index (κ1) is 12.8. The molecular formula is C11H12N4OS2. The van der Waals surface area contributed by atoms with Crippen LogP contribution < -0.4 is 11.1 Å². The summed E-state index contributed by atoms with van der Waals surface area (Å²) in [5.74, 6) is 0.223. The molecule has 3 N–H and O–H groups in total. The number of nitrogens with zero attached hydrogens (tertiary/aromatic N) is 2. The third-order valence-electron chi connectivity index (χ3n) is 2.08. The average molecular weight is 280 g/mol. The van der Waals surface area contributed by atoms with E-state index >= 15 is 0 Å². The van der Waals surface area contributed by atoms with Gasteiger partial charge in [0.2, 0.25) is 11.0 Å². The van der Waals surface area contributed by atoms with Crippen molar-refractivity contribution in [1.82, 2.24) is 10.2 Å². The lowest BCUT2D eigenvalue weighted by molar-refractivity contribution is -0.113. The van der Waals surface area contributed by atoms with Gasteiger partial charge in [-0.1, -0.05) is 40.8 Å². The molecule has 18 heavy (non-hydrogen) atoms. The van der Waals surface area contributed by atoms with Crippen molar-refractivity contribution < 1.29 is 4.79 Å². The zero-order valence-electron chi connectivity index (χ0n) is 9.71. The van der Waals surface area contributed by atoms with Crippen LogP contribution in [0.5, 0.6) is 0 Å². The highest BCUT2D eigenvalue weighted by molar-refractivity contribution is 8.01. The summed E-state index contributed by atoms with van der Waals surface area (Å²) in [5.41, 5.74) is 7.41. The standard InChI is InChI=1S/C11H12N4OS2/c1-7-2-4-8(5-3-7)13-9(16)6-17-11-15-14-10(12)18-11/h2-5H,6H2,1H3,(H2,12,14)(H,13,16). The van der Waals surface area contributed by atoms with Gasteiger partial charge in [-0.25, -0.2) is 0 Å². The van der Waals surface area contributed by atoms with Crippen LogP contribution in [0.15, 0.2) is 28.6 Å². The fourth-order valence-electron chi connectivity index (χ4n) is 1.24. The maximum atomic E-state index is 11.7. The van der Waals surface area contributed by atoms with E-state index in [4.69, 9.17) is 5.73 Å². The molecule has 0 radical (unpaired) electrons. The summed E-state index contributed by atoms with van der Waals surface area (Å²) in [6.45, 7) is 2.00. The largest absolute Gasteiger partial charge is 0.374 e. The summed E-state index contributed by atoms with van der Waals surface area (Å²) in [7, 11) is 0. The van der Waals surface area contributed by atoms with Gasteiger partial charge in [-0.05, 0) is 19.1 Å². The van der Waals surface area contributed by atoms with E-state index in [0.29, 0.717) is 15.2 Å². The van der Waals surface area contributed by atoms with E-state index in [9.17, 15) is 4.79 Å². The van der Waals surface area contributed by atoms with Gasteiger partial charge in [0.05, 0.1) is 5.75 Å². The van der Waals surface area contributed by atoms with Crippen LogP contribution in [-0.4, -0.2) is 21.9 Å². The number of aromatic nitrogens is 2. The molecule has 2 aromatic rings. The number of anilines is 2. The second-order valence-electron chi connectivity index (χ2n) is 3.61. The summed E-state index contributed by atoms with van der Waals surface area (Å²) in [6, 6.07) is 7.66. The Hall–Kier alpha value is -1.60. The molecule has 0 atom stereocenters. The predicted octanol–water partition coefficient (Wildman–Crippen LogP) is 2.16. The minimum absolute atomic E-state index is 0.0716. The lowest BCUT2D eigenvalue weighted by Crippen LogP contribution is -2.13. The zero-order valence-corrected chi connectivity index (χ0v) is 11.3. The number of benzene rings is 1. The molecule has 1 aromatic carbocycles. The molecule has 0 aliphatic rings. The number of amides is 1. The summed E-state index contributed by atoms with van der Waals surface area (Å²) in [6.07, 6.45) is 0. The Labute approximate surface area is 113 Å². The number of nitrogen functional groups attached to an aromatic ring is 1. The lowest BCUT2D eigenvalue weighted by atomic mass is 10.2. The second-order valence-corrected chi connectivity index (χ2v) is 5.84. The molecule has 0 saturated heterocycles. The Bertz CT molecular complexity index is 538. The molecule has 1 heterocycles. The minimum Gasteiger partial charge on any atom is -0.374 e. The SMILES string of the molecule is Cc1ccc(NC(=O)CSc2nnc(N)s2)cc1. The van der Waals surface area contributed by atoms with E-state index in [2.05, 4.69) is 15.5 Å². The summed E-state index contributed by atoms with van der Waals surface area (Å²) >= 11 is 2.60. The van der Waals surface area contributed by atoms with E-state index in [1.165, 1.54) is 23.1 Å². The van der Waals surface area contributed by atoms with E-state index in [0.717, 1.165) is 11.3 Å². The topological polar surface area (TPSA) is 80.9 Å². The Morgan fingerprint density at radius 3 is 2.72 bits per heavy atom. The van der Waals surface area contributed by atoms with Gasteiger partial charge in [-0.3, -0.25) is 4.79 Å². The van der Waals surface area contributed by atoms with Crippen molar-refractivity contribution in [1.29, 1.82) is 0 Å². The summed E-state index contributed by atoms with van der Waals surface area (Å²) in [4.78, 5) is 11.7. The highest BCUT2D eigenvalue weighted by atomic mass is 32.2. The number of nitrogens with two attached hydrogens (primary N) is 1. The van der Waals surface area contributed by atoms with Gasteiger partial charge in [-0.2, -0.15) is 0 Å². The quantitative estimate of drug-likeness (QED) is 0.839. The minimum atomic E-state index is -0.0716. The lowest BCUT2D eigenvalue weighted by Gasteiger charge is -2.04. The number of carbonyl (C=O) groups is 1. The maximum absolute atomic E-state index is 11.7. The summed E-state index contributed by atoms with van der Waals surface area (Å²) in [5, 5.41) is 10.7. The summed E-state index contributed by atoms with van der Waals surface area (Å²) < 4.78 is 0.701. The predicted molar refractivity (Wildman–Crippen MR) is 74.9 cm³/mol. The molecule has 2 rings (SSSR count). The first-order valence-corrected chi connectivity index (χ1v) is 7.02. The average Bonchev–Trinajstić information content (AvgIpc) is 2.76. The maximum Gasteiger partial charge on any atom is 0.234 e. The molecule has 0 spiro atoms. The highest BCUT2D eigenvalue weighted by Gasteiger charge is 2.06. The van der Waals surface area contributed by atoms with Crippen LogP contribution in [0.4, 0.5) is 10.8 Å². The van der Waals surface area contributed by atoms with Crippen molar-refractivity contribution in [3.8, 4) is 0 Å². The molecule has 94 valence electrons. The van der Waals surface area contributed by atoms with Gasteiger partial charge in [0.1, 0.15) is 0 Å². The van der Waals surface area contributed by atoms with Gasteiger partial charge >= 0.3 is 0 Å². The molecule has 0 unspecified atom stereocenters. The number of aryl methyl sites for hydroxylation is 1. The van der Waals surface area contributed by atoms with Crippen LogP contribution in [-0.2, 0) is 4.79 Å². The zero-order chi connectivity index (χ0) is 13.0. The van der Waals surface area contributed by atoms with Gasteiger partial charge in [-0.15, -0.1) is 10.2 Å². The fourth-order valence-corrected chi connectivity index (χ4v) is 2.68. The molecule has 5 nitrogen and oxygen atoms in total.